The summed E-state index contributed by atoms with van der Waals surface area (Å²) in [5.74, 6) is 0.690. The molecular formula is C22H27N3O3. The summed E-state index contributed by atoms with van der Waals surface area (Å²) in [6.07, 6.45) is 1.13. The molecule has 3 rings (SSSR count). The normalized spacial score (nSPS) is 10.9. The van der Waals surface area contributed by atoms with Crippen LogP contribution in [0, 0.1) is 0 Å². The zero-order valence-electron chi connectivity index (χ0n) is 16.5. The van der Waals surface area contributed by atoms with Crippen molar-refractivity contribution < 1.29 is 9.53 Å². The predicted octanol–water partition coefficient (Wildman–Crippen LogP) is 3.32. The number of carbonyl (C=O) groups is 1. The second kappa shape index (κ2) is 9.26. The molecule has 0 atom stereocenters. The van der Waals surface area contributed by atoms with Crippen LogP contribution in [0.4, 0.5) is 0 Å². The summed E-state index contributed by atoms with van der Waals surface area (Å²) in [5, 5.41) is 2.93. The van der Waals surface area contributed by atoms with Crippen molar-refractivity contribution in [1.29, 1.82) is 0 Å². The predicted molar refractivity (Wildman–Crippen MR) is 111 cm³/mol. The van der Waals surface area contributed by atoms with E-state index in [0.29, 0.717) is 26.2 Å². The van der Waals surface area contributed by atoms with E-state index in [2.05, 4.69) is 5.32 Å². The van der Waals surface area contributed by atoms with Gasteiger partial charge in [-0.05, 0) is 31.5 Å². The maximum Gasteiger partial charge on any atom is 0.329 e. The number of rotatable bonds is 9. The van der Waals surface area contributed by atoms with Gasteiger partial charge in [0.1, 0.15) is 5.75 Å². The molecule has 6 heteroatoms. The molecule has 0 aliphatic rings. The number of para-hydroxylation sites is 3. The Kier molecular flexibility index (Phi) is 6.53. The molecule has 0 aliphatic carbocycles. The number of aryl methyl sites for hydroxylation is 2. The van der Waals surface area contributed by atoms with E-state index in [1.807, 2.05) is 62.4 Å². The van der Waals surface area contributed by atoms with Crippen molar-refractivity contribution in [3.05, 3.63) is 64.6 Å². The number of hydrogen-bond donors (Lipinski definition) is 1. The first-order chi connectivity index (χ1) is 13.7. The van der Waals surface area contributed by atoms with Gasteiger partial charge in [-0.15, -0.1) is 0 Å². The summed E-state index contributed by atoms with van der Waals surface area (Å²) < 4.78 is 9.07. The number of hydrogen-bond acceptors (Lipinski definition) is 3. The third kappa shape index (κ3) is 4.27. The highest BCUT2D eigenvalue weighted by atomic mass is 16.5. The van der Waals surface area contributed by atoms with Crippen molar-refractivity contribution in [2.45, 2.75) is 46.3 Å². The first-order valence-electron chi connectivity index (χ1n) is 9.81. The van der Waals surface area contributed by atoms with E-state index in [0.717, 1.165) is 28.8 Å². The number of fused-ring (bicyclic) bond motifs is 1. The average Bonchev–Trinajstić information content (AvgIpc) is 2.98. The highest BCUT2D eigenvalue weighted by molar-refractivity contribution is 5.78. The van der Waals surface area contributed by atoms with Crippen molar-refractivity contribution in [2.24, 2.45) is 0 Å². The number of benzene rings is 2. The number of amides is 1. The number of carbonyl (C=O) groups excluding carboxylic acids is 1. The molecule has 1 aromatic heterocycles. The molecule has 0 saturated carbocycles. The molecule has 1 heterocycles. The van der Waals surface area contributed by atoms with Gasteiger partial charge in [-0.1, -0.05) is 37.3 Å². The number of ether oxygens (including phenoxy) is 1. The Morgan fingerprint density at radius 2 is 1.61 bits per heavy atom. The van der Waals surface area contributed by atoms with Gasteiger partial charge in [0.15, 0.2) is 0 Å². The Balaban J connectivity index is 1.67. The van der Waals surface area contributed by atoms with Crippen molar-refractivity contribution >= 4 is 16.9 Å². The molecule has 1 N–H and O–H groups in total. The monoisotopic (exact) mass is 381 g/mol. The fourth-order valence-corrected chi connectivity index (χ4v) is 3.37. The minimum absolute atomic E-state index is 0.0578. The third-order valence-electron chi connectivity index (χ3n) is 4.68. The van der Waals surface area contributed by atoms with Crippen LogP contribution in [0.2, 0.25) is 0 Å². The Morgan fingerprint density at radius 3 is 2.29 bits per heavy atom. The highest BCUT2D eigenvalue weighted by Crippen LogP contribution is 2.17. The fraction of sp³-hybridized carbons (Fsp3) is 0.364. The van der Waals surface area contributed by atoms with Gasteiger partial charge in [-0.25, -0.2) is 4.79 Å². The van der Waals surface area contributed by atoms with E-state index in [1.54, 1.807) is 9.13 Å². The SMILES string of the molecule is CCCn1c(=O)n(CCC(=O)NCc2ccccc2OCC)c2ccccc21. The summed E-state index contributed by atoms with van der Waals surface area (Å²) >= 11 is 0. The van der Waals surface area contributed by atoms with Crippen LogP contribution in [0.25, 0.3) is 11.0 Å². The zero-order valence-corrected chi connectivity index (χ0v) is 16.5. The van der Waals surface area contributed by atoms with Crippen LogP contribution in [0.3, 0.4) is 0 Å². The highest BCUT2D eigenvalue weighted by Gasteiger charge is 2.13. The molecule has 0 bridgehead atoms. The van der Waals surface area contributed by atoms with Gasteiger partial charge in [0.2, 0.25) is 5.91 Å². The van der Waals surface area contributed by atoms with E-state index in [-0.39, 0.29) is 18.0 Å². The van der Waals surface area contributed by atoms with Crippen LogP contribution in [-0.4, -0.2) is 21.6 Å². The second-order valence-electron chi connectivity index (χ2n) is 6.64. The Morgan fingerprint density at radius 1 is 0.964 bits per heavy atom. The molecule has 0 spiro atoms. The first kappa shape index (κ1) is 19.7. The van der Waals surface area contributed by atoms with Gasteiger partial charge < -0.3 is 10.1 Å². The van der Waals surface area contributed by atoms with Crippen LogP contribution in [0.15, 0.2) is 53.3 Å². The van der Waals surface area contributed by atoms with E-state index in [9.17, 15) is 9.59 Å². The standard InChI is InChI=1S/C22H27N3O3/c1-3-14-24-18-10-6-7-11-19(18)25(22(24)27)15-13-21(26)23-16-17-9-5-8-12-20(17)28-4-2/h5-12H,3-4,13-16H2,1-2H3,(H,23,26). The Labute approximate surface area is 164 Å². The lowest BCUT2D eigenvalue weighted by Gasteiger charge is -2.11. The van der Waals surface area contributed by atoms with Gasteiger partial charge >= 0.3 is 5.69 Å². The summed E-state index contributed by atoms with van der Waals surface area (Å²) in [7, 11) is 0. The number of nitrogens with one attached hydrogen (secondary N) is 1. The maximum atomic E-state index is 12.8. The lowest BCUT2D eigenvalue weighted by Crippen LogP contribution is -2.28. The molecule has 1 amide bonds. The zero-order chi connectivity index (χ0) is 19.9. The van der Waals surface area contributed by atoms with Crippen LogP contribution in [-0.2, 0) is 24.4 Å². The topological polar surface area (TPSA) is 65.3 Å². The van der Waals surface area contributed by atoms with Gasteiger partial charge in [0.05, 0.1) is 17.6 Å². The second-order valence-corrected chi connectivity index (χ2v) is 6.64. The molecule has 6 nitrogen and oxygen atoms in total. The van der Waals surface area contributed by atoms with E-state index >= 15 is 0 Å². The van der Waals surface area contributed by atoms with Crippen LogP contribution >= 0.6 is 0 Å². The van der Waals surface area contributed by atoms with Crippen molar-refractivity contribution in [3.63, 3.8) is 0 Å². The van der Waals surface area contributed by atoms with Gasteiger partial charge in [0, 0.05) is 31.6 Å². The largest absolute Gasteiger partial charge is 0.494 e. The molecule has 0 saturated heterocycles. The molecule has 3 aromatic rings. The lowest BCUT2D eigenvalue weighted by molar-refractivity contribution is -0.121. The van der Waals surface area contributed by atoms with Crippen molar-refractivity contribution in [3.8, 4) is 5.75 Å². The fourth-order valence-electron chi connectivity index (χ4n) is 3.37. The van der Waals surface area contributed by atoms with Gasteiger partial charge in [-0.2, -0.15) is 0 Å². The quantitative estimate of drug-likeness (QED) is 0.618. The Bertz CT molecular complexity index is 1000. The first-order valence-corrected chi connectivity index (χ1v) is 9.81. The molecular weight excluding hydrogens is 354 g/mol. The molecule has 0 radical (unpaired) electrons. The molecule has 0 fully saturated rings. The van der Waals surface area contributed by atoms with Crippen LogP contribution in [0.1, 0.15) is 32.3 Å². The molecule has 0 aliphatic heterocycles. The minimum atomic E-state index is -0.0921. The number of imidazole rings is 1. The smallest absolute Gasteiger partial charge is 0.329 e. The third-order valence-corrected chi connectivity index (χ3v) is 4.68. The number of nitrogens with zero attached hydrogens (tertiary/aromatic N) is 2. The van der Waals surface area contributed by atoms with E-state index in [1.165, 1.54) is 0 Å². The molecule has 2 aromatic carbocycles. The summed E-state index contributed by atoms with van der Waals surface area (Å²) in [4.78, 5) is 25.1. The summed E-state index contributed by atoms with van der Waals surface area (Å²) in [6, 6.07) is 15.4. The summed E-state index contributed by atoms with van der Waals surface area (Å²) in [5.41, 5.74) is 2.67. The maximum absolute atomic E-state index is 12.8. The van der Waals surface area contributed by atoms with Gasteiger partial charge in [-0.3, -0.25) is 13.9 Å². The van der Waals surface area contributed by atoms with E-state index in [4.69, 9.17) is 4.74 Å². The lowest BCUT2D eigenvalue weighted by atomic mass is 10.2. The molecule has 28 heavy (non-hydrogen) atoms. The minimum Gasteiger partial charge on any atom is -0.494 e. The summed E-state index contributed by atoms with van der Waals surface area (Å²) in [6.45, 7) is 5.99. The number of aromatic nitrogens is 2. The van der Waals surface area contributed by atoms with Crippen LogP contribution < -0.4 is 15.7 Å². The molecule has 0 unspecified atom stereocenters. The Hall–Kier alpha value is -3.02. The molecule has 148 valence electrons. The van der Waals surface area contributed by atoms with Crippen molar-refractivity contribution in [1.82, 2.24) is 14.5 Å². The van der Waals surface area contributed by atoms with Crippen LogP contribution in [0.5, 0.6) is 5.75 Å². The van der Waals surface area contributed by atoms with Gasteiger partial charge in [0.25, 0.3) is 0 Å². The van der Waals surface area contributed by atoms with Crippen molar-refractivity contribution in [2.75, 3.05) is 6.61 Å². The van der Waals surface area contributed by atoms with E-state index < -0.39 is 0 Å². The average molecular weight is 381 g/mol.